The fraction of sp³-hybridized carbons (Fsp3) is 0.300. The molecule has 1 aromatic carbocycles. The molecular formula is C10H13NO4S. The highest BCUT2D eigenvalue weighted by atomic mass is 32.2. The normalized spacial score (nSPS) is 13.3. The van der Waals surface area contributed by atoms with Gasteiger partial charge in [-0.1, -0.05) is 18.2 Å². The van der Waals surface area contributed by atoms with Crippen molar-refractivity contribution < 1.29 is 18.3 Å². The van der Waals surface area contributed by atoms with Crippen molar-refractivity contribution in [1.82, 2.24) is 0 Å². The van der Waals surface area contributed by atoms with Crippen molar-refractivity contribution in [3.05, 3.63) is 30.3 Å². The Balaban J connectivity index is 2.71. The van der Waals surface area contributed by atoms with E-state index in [0.717, 1.165) is 0 Å². The summed E-state index contributed by atoms with van der Waals surface area (Å²) in [5, 5.41) is 8.53. The van der Waals surface area contributed by atoms with Gasteiger partial charge in [0.1, 0.15) is 6.04 Å². The van der Waals surface area contributed by atoms with Crippen LogP contribution in [-0.2, 0) is 14.6 Å². The largest absolute Gasteiger partial charge is 0.480 e. The molecule has 0 saturated carbocycles. The van der Waals surface area contributed by atoms with Crippen LogP contribution in [0.3, 0.4) is 0 Å². The minimum absolute atomic E-state index is 0.0907. The predicted molar refractivity (Wildman–Crippen MR) is 58.7 cm³/mol. The third-order valence-corrected chi connectivity index (χ3v) is 3.88. The Labute approximate surface area is 93.8 Å². The van der Waals surface area contributed by atoms with E-state index in [4.69, 9.17) is 10.8 Å². The van der Waals surface area contributed by atoms with Gasteiger partial charge in [-0.2, -0.15) is 0 Å². The van der Waals surface area contributed by atoms with Gasteiger partial charge in [-0.3, -0.25) is 4.79 Å². The number of carboxylic acids is 1. The molecule has 0 aromatic heterocycles. The lowest BCUT2D eigenvalue weighted by molar-refractivity contribution is -0.138. The standard InChI is InChI=1S/C10H13NO4S/c11-9(10(12)13)6-7-16(14,15)8-4-2-1-3-5-8/h1-5,9H,6-7,11H2,(H,12,13)/t9-/m1/s1. The fourth-order valence-electron chi connectivity index (χ4n) is 1.15. The molecule has 16 heavy (non-hydrogen) atoms. The summed E-state index contributed by atoms with van der Waals surface area (Å²) < 4.78 is 23.4. The quantitative estimate of drug-likeness (QED) is 0.773. The number of carbonyl (C=O) groups is 1. The van der Waals surface area contributed by atoms with E-state index in [-0.39, 0.29) is 17.1 Å². The van der Waals surface area contributed by atoms with Gasteiger partial charge in [-0.05, 0) is 18.6 Å². The van der Waals surface area contributed by atoms with Gasteiger partial charge in [0, 0.05) is 0 Å². The van der Waals surface area contributed by atoms with E-state index in [1.165, 1.54) is 12.1 Å². The molecule has 0 unspecified atom stereocenters. The van der Waals surface area contributed by atoms with Crippen molar-refractivity contribution in [2.45, 2.75) is 17.4 Å². The maximum Gasteiger partial charge on any atom is 0.320 e. The van der Waals surface area contributed by atoms with Crippen molar-refractivity contribution in [3.63, 3.8) is 0 Å². The zero-order chi connectivity index (χ0) is 12.2. The van der Waals surface area contributed by atoms with Crippen molar-refractivity contribution in [2.75, 3.05) is 5.75 Å². The molecule has 0 aliphatic rings. The Morgan fingerprint density at radius 3 is 2.38 bits per heavy atom. The molecule has 6 heteroatoms. The minimum Gasteiger partial charge on any atom is -0.480 e. The van der Waals surface area contributed by atoms with E-state index >= 15 is 0 Å². The van der Waals surface area contributed by atoms with Crippen LogP contribution in [0, 0.1) is 0 Å². The van der Waals surface area contributed by atoms with Crippen LogP contribution in [0.5, 0.6) is 0 Å². The molecule has 88 valence electrons. The minimum atomic E-state index is -3.43. The van der Waals surface area contributed by atoms with Crippen LogP contribution >= 0.6 is 0 Å². The van der Waals surface area contributed by atoms with Gasteiger partial charge >= 0.3 is 5.97 Å². The maximum atomic E-state index is 11.7. The van der Waals surface area contributed by atoms with Crippen LogP contribution < -0.4 is 5.73 Å². The molecule has 0 radical (unpaired) electrons. The highest BCUT2D eigenvalue weighted by Gasteiger charge is 2.18. The number of hydrogen-bond acceptors (Lipinski definition) is 4. The molecule has 0 aliphatic carbocycles. The molecule has 1 atom stereocenters. The molecule has 0 amide bonds. The van der Waals surface area contributed by atoms with Crippen LogP contribution in [0.25, 0.3) is 0 Å². The highest BCUT2D eigenvalue weighted by molar-refractivity contribution is 7.91. The van der Waals surface area contributed by atoms with E-state index in [1.54, 1.807) is 18.2 Å². The molecule has 1 aromatic rings. The van der Waals surface area contributed by atoms with Gasteiger partial charge in [0.15, 0.2) is 9.84 Å². The van der Waals surface area contributed by atoms with Crippen LogP contribution in [0.15, 0.2) is 35.2 Å². The third kappa shape index (κ3) is 3.32. The van der Waals surface area contributed by atoms with E-state index in [1.807, 2.05) is 0 Å². The maximum absolute atomic E-state index is 11.7. The number of rotatable bonds is 5. The molecule has 0 saturated heterocycles. The Bertz CT molecular complexity index is 455. The molecular weight excluding hydrogens is 230 g/mol. The van der Waals surface area contributed by atoms with Gasteiger partial charge in [-0.15, -0.1) is 0 Å². The average Bonchev–Trinajstić information content (AvgIpc) is 2.27. The summed E-state index contributed by atoms with van der Waals surface area (Å²) in [6.45, 7) is 0. The number of aliphatic carboxylic acids is 1. The summed E-state index contributed by atoms with van der Waals surface area (Å²) in [5.41, 5.74) is 5.24. The Hall–Kier alpha value is -1.40. The van der Waals surface area contributed by atoms with Gasteiger partial charge in [-0.25, -0.2) is 8.42 Å². The first-order valence-corrected chi connectivity index (χ1v) is 6.35. The smallest absolute Gasteiger partial charge is 0.320 e. The van der Waals surface area contributed by atoms with Gasteiger partial charge in [0.25, 0.3) is 0 Å². The zero-order valence-electron chi connectivity index (χ0n) is 8.54. The second-order valence-electron chi connectivity index (χ2n) is 3.37. The molecule has 0 heterocycles. The van der Waals surface area contributed by atoms with Gasteiger partial charge < -0.3 is 10.8 Å². The fourth-order valence-corrected chi connectivity index (χ4v) is 2.52. The lowest BCUT2D eigenvalue weighted by Gasteiger charge is -2.07. The molecule has 0 spiro atoms. The zero-order valence-corrected chi connectivity index (χ0v) is 9.35. The Morgan fingerprint density at radius 1 is 1.31 bits per heavy atom. The molecule has 0 bridgehead atoms. The second-order valence-corrected chi connectivity index (χ2v) is 5.47. The van der Waals surface area contributed by atoms with Crippen LogP contribution in [-0.4, -0.2) is 31.3 Å². The van der Waals surface area contributed by atoms with E-state index < -0.39 is 21.8 Å². The van der Waals surface area contributed by atoms with Crippen molar-refractivity contribution in [2.24, 2.45) is 5.73 Å². The molecule has 5 nitrogen and oxygen atoms in total. The molecule has 1 rings (SSSR count). The number of hydrogen-bond donors (Lipinski definition) is 2. The number of sulfone groups is 1. The number of carboxylic acid groups (broad SMARTS) is 1. The summed E-state index contributed by atoms with van der Waals surface area (Å²) in [5.74, 6) is -1.45. The summed E-state index contributed by atoms with van der Waals surface area (Å²) in [6, 6.07) is 6.75. The van der Waals surface area contributed by atoms with Crippen molar-refractivity contribution >= 4 is 15.8 Å². The summed E-state index contributed by atoms with van der Waals surface area (Å²) in [7, 11) is -3.43. The van der Waals surface area contributed by atoms with E-state index in [2.05, 4.69) is 0 Å². The summed E-state index contributed by atoms with van der Waals surface area (Å²) in [4.78, 5) is 10.6. The second kappa shape index (κ2) is 5.09. The van der Waals surface area contributed by atoms with Crippen LogP contribution in [0.1, 0.15) is 6.42 Å². The lowest BCUT2D eigenvalue weighted by Crippen LogP contribution is -2.32. The summed E-state index contributed by atoms with van der Waals surface area (Å²) >= 11 is 0. The Kier molecular flexibility index (Phi) is 4.03. The van der Waals surface area contributed by atoms with E-state index in [0.29, 0.717) is 0 Å². The molecule has 0 aliphatic heterocycles. The van der Waals surface area contributed by atoms with E-state index in [9.17, 15) is 13.2 Å². The monoisotopic (exact) mass is 243 g/mol. The molecule has 3 N–H and O–H groups in total. The first-order chi connectivity index (χ1) is 7.43. The highest BCUT2D eigenvalue weighted by Crippen LogP contribution is 2.11. The van der Waals surface area contributed by atoms with Crippen molar-refractivity contribution in [1.29, 1.82) is 0 Å². The topological polar surface area (TPSA) is 97.5 Å². The van der Waals surface area contributed by atoms with Gasteiger partial charge in [0.2, 0.25) is 0 Å². The lowest BCUT2D eigenvalue weighted by atomic mass is 10.2. The number of nitrogens with two attached hydrogens (primary N) is 1. The number of benzene rings is 1. The molecule has 0 fully saturated rings. The van der Waals surface area contributed by atoms with Crippen LogP contribution in [0.4, 0.5) is 0 Å². The van der Waals surface area contributed by atoms with Crippen LogP contribution in [0.2, 0.25) is 0 Å². The summed E-state index contributed by atoms with van der Waals surface area (Å²) in [6.07, 6.45) is -0.0907. The Morgan fingerprint density at radius 2 is 1.88 bits per heavy atom. The first kappa shape index (κ1) is 12.7. The SMILES string of the molecule is N[C@H](CCS(=O)(=O)c1ccccc1)C(=O)O. The third-order valence-electron chi connectivity index (χ3n) is 2.12. The first-order valence-electron chi connectivity index (χ1n) is 4.69. The van der Waals surface area contributed by atoms with Crippen molar-refractivity contribution in [3.8, 4) is 0 Å². The van der Waals surface area contributed by atoms with Gasteiger partial charge in [0.05, 0.1) is 10.6 Å². The predicted octanol–water partition coefficient (Wildman–Crippen LogP) is 0.262. The average molecular weight is 243 g/mol.